The minimum absolute atomic E-state index is 0.150. The van der Waals surface area contributed by atoms with E-state index in [0.29, 0.717) is 12.8 Å². The van der Waals surface area contributed by atoms with Crippen LogP contribution in [0.3, 0.4) is 0 Å². The van der Waals surface area contributed by atoms with Crippen molar-refractivity contribution in [3.63, 3.8) is 0 Å². The molecule has 0 spiro atoms. The van der Waals surface area contributed by atoms with Gasteiger partial charge in [-0.15, -0.1) is 0 Å². The molecule has 22 heavy (non-hydrogen) atoms. The van der Waals surface area contributed by atoms with Crippen LogP contribution < -0.4 is 0 Å². The molecule has 122 valence electrons. The molecule has 1 heterocycles. The Morgan fingerprint density at radius 3 is 2.64 bits per heavy atom. The van der Waals surface area contributed by atoms with Gasteiger partial charge in [-0.2, -0.15) is 4.31 Å². The number of esters is 1. The average Bonchev–Trinajstić information content (AvgIpc) is 2.86. The minimum atomic E-state index is -3.92. The molecule has 1 aliphatic rings. The third-order valence-electron chi connectivity index (χ3n) is 3.29. The lowest BCUT2D eigenvalue weighted by molar-refractivity contribution is -0.158. The number of hydrogen-bond acceptors (Lipinski definition) is 4. The predicted octanol–water partition coefficient (Wildman–Crippen LogP) is 2.32. The fraction of sp³-hybridized carbons (Fsp3) is 0.533. The first-order chi connectivity index (χ1) is 10.1. The number of rotatable bonds is 3. The van der Waals surface area contributed by atoms with Gasteiger partial charge < -0.3 is 4.74 Å². The maximum atomic E-state index is 13.3. The first-order valence-electron chi connectivity index (χ1n) is 7.11. The lowest BCUT2D eigenvalue weighted by Gasteiger charge is -2.27. The lowest BCUT2D eigenvalue weighted by Crippen LogP contribution is -2.43. The number of carbonyl (C=O) groups excluding carboxylic acids is 1. The SMILES string of the molecule is CC(C)(C)OC(=O)C1CCCN1S(=O)(=O)c1cccc(F)c1. The van der Waals surface area contributed by atoms with Crippen LogP contribution in [-0.4, -0.2) is 36.9 Å². The number of nitrogens with zero attached hydrogens (tertiary/aromatic N) is 1. The van der Waals surface area contributed by atoms with E-state index in [4.69, 9.17) is 4.74 Å². The molecular weight excluding hydrogens is 309 g/mol. The number of hydrogen-bond donors (Lipinski definition) is 0. The van der Waals surface area contributed by atoms with E-state index in [2.05, 4.69) is 0 Å². The molecule has 0 aliphatic carbocycles. The number of ether oxygens (including phenoxy) is 1. The van der Waals surface area contributed by atoms with Gasteiger partial charge in [0.15, 0.2) is 0 Å². The zero-order chi connectivity index (χ0) is 16.5. The second-order valence-electron chi connectivity index (χ2n) is 6.26. The van der Waals surface area contributed by atoms with Gasteiger partial charge in [0, 0.05) is 6.54 Å². The molecule has 0 aromatic heterocycles. The summed E-state index contributed by atoms with van der Waals surface area (Å²) in [6.07, 6.45) is 0.974. The zero-order valence-electron chi connectivity index (χ0n) is 12.9. The Morgan fingerprint density at radius 1 is 1.36 bits per heavy atom. The van der Waals surface area contributed by atoms with Crippen LogP contribution in [-0.2, 0) is 19.6 Å². The molecule has 0 N–H and O–H groups in total. The highest BCUT2D eigenvalue weighted by molar-refractivity contribution is 7.89. The molecule has 1 fully saturated rings. The van der Waals surface area contributed by atoms with Gasteiger partial charge >= 0.3 is 5.97 Å². The molecule has 1 atom stereocenters. The Hall–Kier alpha value is -1.47. The van der Waals surface area contributed by atoms with Crippen molar-refractivity contribution in [3.8, 4) is 0 Å². The van der Waals surface area contributed by atoms with Crippen LogP contribution in [0, 0.1) is 5.82 Å². The van der Waals surface area contributed by atoms with Gasteiger partial charge in [-0.05, 0) is 51.8 Å². The van der Waals surface area contributed by atoms with Crippen LogP contribution in [0.5, 0.6) is 0 Å². The highest BCUT2D eigenvalue weighted by Gasteiger charge is 2.41. The van der Waals surface area contributed by atoms with E-state index in [1.54, 1.807) is 20.8 Å². The Kier molecular flexibility index (Phi) is 4.58. The van der Waals surface area contributed by atoms with E-state index in [9.17, 15) is 17.6 Å². The van der Waals surface area contributed by atoms with E-state index in [-0.39, 0.29) is 11.4 Å². The van der Waals surface area contributed by atoms with Crippen LogP contribution in [0.4, 0.5) is 4.39 Å². The highest BCUT2D eigenvalue weighted by Crippen LogP contribution is 2.28. The molecule has 7 heteroatoms. The minimum Gasteiger partial charge on any atom is -0.459 e. The van der Waals surface area contributed by atoms with E-state index in [1.165, 1.54) is 18.2 Å². The van der Waals surface area contributed by atoms with E-state index >= 15 is 0 Å². The Labute approximate surface area is 130 Å². The van der Waals surface area contributed by atoms with Crippen molar-refractivity contribution in [2.24, 2.45) is 0 Å². The third kappa shape index (κ3) is 3.64. The largest absolute Gasteiger partial charge is 0.459 e. The molecule has 0 amide bonds. The summed E-state index contributed by atoms with van der Waals surface area (Å²) >= 11 is 0. The van der Waals surface area contributed by atoms with Crippen molar-refractivity contribution in [1.29, 1.82) is 0 Å². The van der Waals surface area contributed by atoms with Gasteiger partial charge in [0.05, 0.1) is 4.90 Å². The number of sulfonamides is 1. The van der Waals surface area contributed by atoms with Gasteiger partial charge in [-0.25, -0.2) is 12.8 Å². The Balaban J connectivity index is 2.28. The van der Waals surface area contributed by atoms with Crippen molar-refractivity contribution in [2.75, 3.05) is 6.54 Å². The van der Waals surface area contributed by atoms with Gasteiger partial charge in [0.1, 0.15) is 17.5 Å². The lowest BCUT2D eigenvalue weighted by atomic mass is 10.2. The number of carbonyl (C=O) groups is 1. The molecule has 2 rings (SSSR count). The van der Waals surface area contributed by atoms with Crippen molar-refractivity contribution in [2.45, 2.75) is 50.2 Å². The first kappa shape index (κ1) is 16.9. The molecule has 1 aromatic carbocycles. The summed E-state index contributed by atoms with van der Waals surface area (Å²) < 4.78 is 44.9. The topological polar surface area (TPSA) is 63.7 Å². The fourth-order valence-corrected chi connectivity index (χ4v) is 4.07. The third-order valence-corrected chi connectivity index (χ3v) is 5.19. The number of benzene rings is 1. The number of halogens is 1. The van der Waals surface area contributed by atoms with Crippen LogP contribution in [0.25, 0.3) is 0 Å². The van der Waals surface area contributed by atoms with Crippen molar-refractivity contribution >= 4 is 16.0 Å². The Morgan fingerprint density at radius 2 is 2.05 bits per heavy atom. The molecule has 5 nitrogen and oxygen atoms in total. The molecule has 1 aromatic rings. The van der Waals surface area contributed by atoms with Crippen molar-refractivity contribution in [3.05, 3.63) is 30.1 Å². The van der Waals surface area contributed by atoms with Crippen LogP contribution in [0.2, 0.25) is 0 Å². The van der Waals surface area contributed by atoms with Crippen LogP contribution in [0.15, 0.2) is 29.2 Å². The average molecular weight is 329 g/mol. The molecule has 0 saturated carbocycles. The van der Waals surface area contributed by atoms with E-state index in [1.807, 2.05) is 0 Å². The molecular formula is C15H20FNO4S. The second-order valence-corrected chi connectivity index (χ2v) is 8.16. The monoisotopic (exact) mass is 329 g/mol. The summed E-state index contributed by atoms with van der Waals surface area (Å²) in [6, 6.07) is 3.94. The summed E-state index contributed by atoms with van der Waals surface area (Å²) in [5.41, 5.74) is -0.687. The van der Waals surface area contributed by atoms with Gasteiger partial charge in [-0.3, -0.25) is 4.79 Å². The maximum Gasteiger partial charge on any atom is 0.324 e. The van der Waals surface area contributed by atoms with Crippen LogP contribution in [0.1, 0.15) is 33.6 Å². The Bertz CT molecular complexity index is 666. The normalized spacial score (nSPS) is 20.1. The van der Waals surface area contributed by atoms with Crippen LogP contribution >= 0.6 is 0 Å². The molecule has 1 saturated heterocycles. The molecule has 1 unspecified atom stereocenters. The fourth-order valence-electron chi connectivity index (χ4n) is 2.40. The summed E-state index contributed by atoms with van der Waals surface area (Å²) in [5, 5.41) is 0. The highest BCUT2D eigenvalue weighted by atomic mass is 32.2. The summed E-state index contributed by atoms with van der Waals surface area (Å²) in [6.45, 7) is 5.41. The van der Waals surface area contributed by atoms with Crippen molar-refractivity contribution in [1.82, 2.24) is 4.31 Å². The second kappa shape index (κ2) is 5.96. The van der Waals surface area contributed by atoms with E-state index in [0.717, 1.165) is 10.4 Å². The molecule has 0 bridgehead atoms. The first-order valence-corrected chi connectivity index (χ1v) is 8.55. The predicted molar refractivity (Wildman–Crippen MR) is 79.2 cm³/mol. The van der Waals surface area contributed by atoms with Gasteiger partial charge in [0.2, 0.25) is 10.0 Å². The van der Waals surface area contributed by atoms with Crippen molar-refractivity contribution < 1.29 is 22.3 Å². The summed E-state index contributed by atoms with van der Waals surface area (Å²) in [5.74, 6) is -1.20. The quantitative estimate of drug-likeness (QED) is 0.799. The summed E-state index contributed by atoms with van der Waals surface area (Å²) in [7, 11) is -3.92. The van der Waals surface area contributed by atoms with E-state index < -0.39 is 33.5 Å². The molecule has 0 radical (unpaired) electrons. The van der Waals surface area contributed by atoms with Gasteiger partial charge in [0.25, 0.3) is 0 Å². The standard InChI is InChI=1S/C15H20FNO4S/c1-15(2,3)21-14(18)13-8-5-9-17(13)22(19,20)12-7-4-6-11(16)10-12/h4,6-7,10,13H,5,8-9H2,1-3H3. The van der Waals surface area contributed by atoms with Gasteiger partial charge in [-0.1, -0.05) is 6.07 Å². The summed E-state index contributed by atoms with van der Waals surface area (Å²) in [4.78, 5) is 12.1. The molecule has 1 aliphatic heterocycles. The maximum absolute atomic E-state index is 13.3. The smallest absolute Gasteiger partial charge is 0.324 e. The zero-order valence-corrected chi connectivity index (χ0v) is 13.7.